The molecule has 0 N–H and O–H groups in total. The summed E-state index contributed by atoms with van der Waals surface area (Å²) in [5.74, 6) is 0.139. The molecule has 1 atom stereocenters. The Balaban J connectivity index is 1.23. The van der Waals surface area contributed by atoms with Crippen molar-refractivity contribution in [1.82, 2.24) is 34.5 Å². The molecule has 6 rings (SSSR count). The molecule has 5 heterocycles. The summed E-state index contributed by atoms with van der Waals surface area (Å²) in [5, 5.41) is 5.03. The Morgan fingerprint density at radius 2 is 1.64 bits per heavy atom. The largest absolute Gasteiger partial charge is 0.338 e. The summed E-state index contributed by atoms with van der Waals surface area (Å²) in [5.41, 5.74) is 3.76. The van der Waals surface area contributed by atoms with Gasteiger partial charge in [-0.05, 0) is 49.5 Å². The molecule has 0 unspecified atom stereocenters. The van der Waals surface area contributed by atoms with Crippen molar-refractivity contribution in [2.75, 3.05) is 26.2 Å². The molecule has 2 saturated heterocycles. The van der Waals surface area contributed by atoms with E-state index >= 15 is 0 Å². The number of amides is 1. The molecule has 0 aliphatic carbocycles. The fourth-order valence-electron chi connectivity index (χ4n) is 5.72. The van der Waals surface area contributed by atoms with E-state index in [0.717, 1.165) is 62.5 Å². The van der Waals surface area contributed by atoms with E-state index in [0.29, 0.717) is 29.7 Å². The summed E-state index contributed by atoms with van der Waals surface area (Å²) in [7, 11) is 0. The predicted molar refractivity (Wildman–Crippen MR) is 145 cm³/mol. The molecule has 2 aliphatic rings. The molecule has 2 fully saturated rings. The van der Waals surface area contributed by atoms with Gasteiger partial charge in [0.15, 0.2) is 5.82 Å². The van der Waals surface area contributed by atoms with Crippen LogP contribution >= 0.6 is 11.6 Å². The van der Waals surface area contributed by atoms with Gasteiger partial charge in [-0.15, -0.1) is 0 Å². The molecular formula is C29H29ClFN7O. The van der Waals surface area contributed by atoms with Crippen LogP contribution in [0.5, 0.6) is 0 Å². The average molecular weight is 546 g/mol. The molecule has 0 radical (unpaired) electrons. The summed E-state index contributed by atoms with van der Waals surface area (Å²) in [6, 6.07) is 14.2. The van der Waals surface area contributed by atoms with Gasteiger partial charge in [0.25, 0.3) is 11.9 Å². The lowest BCUT2D eigenvalue weighted by Gasteiger charge is -2.32. The number of hydrogen-bond acceptors (Lipinski definition) is 6. The van der Waals surface area contributed by atoms with E-state index in [9.17, 15) is 9.18 Å². The summed E-state index contributed by atoms with van der Waals surface area (Å²) in [6.07, 6.45) is 8.32. The van der Waals surface area contributed by atoms with Crippen molar-refractivity contribution in [2.24, 2.45) is 0 Å². The van der Waals surface area contributed by atoms with Gasteiger partial charge in [-0.3, -0.25) is 9.69 Å². The lowest BCUT2D eigenvalue weighted by Crippen LogP contribution is -2.34. The second kappa shape index (κ2) is 11.2. The maximum absolute atomic E-state index is 13.9. The highest BCUT2D eigenvalue weighted by molar-refractivity contribution is 6.29. The quantitative estimate of drug-likeness (QED) is 0.322. The summed E-state index contributed by atoms with van der Waals surface area (Å²) in [4.78, 5) is 30.7. The fourth-order valence-corrected chi connectivity index (χ4v) is 5.84. The molecule has 1 amide bonds. The second-order valence-corrected chi connectivity index (χ2v) is 10.6. The molecular weight excluding hydrogens is 517 g/mol. The minimum Gasteiger partial charge on any atom is -0.338 e. The van der Waals surface area contributed by atoms with E-state index in [1.54, 1.807) is 10.9 Å². The van der Waals surface area contributed by atoms with Crippen LogP contribution in [0.15, 0.2) is 67.3 Å². The number of rotatable bonds is 6. The maximum Gasteiger partial charge on any atom is 0.257 e. The number of aromatic nitrogens is 5. The number of halogens is 2. The van der Waals surface area contributed by atoms with Crippen LogP contribution in [0.25, 0.3) is 5.95 Å². The standard InChI is InChI=1S/C29H29ClFN7O/c30-26-7-6-20(14-32-26)18-36-11-8-22(9-12-36)27-25(17-35-38(27)29-33-15-24(31)16-34-29)28(39)37-13-10-23(19-37)21-4-2-1-3-5-21/h1-7,14-17,22-23H,8-13,18-19H2/t23-/m0/s1. The first-order valence-electron chi connectivity index (χ1n) is 13.3. The van der Waals surface area contributed by atoms with Crippen LogP contribution in [0.4, 0.5) is 4.39 Å². The highest BCUT2D eigenvalue weighted by Crippen LogP contribution is 2.34. The van der Waals surface area contributed by atoms with Crippen LogP contribution in [0.3, 0.4) is 0 Å². The Labute approximate surface area is 231 Å². The Kier molecular flexibility index (Phi) is 7.34. The Bertz CT molecular complexity index is 1420. The predicted octanol–water partition coefficient (Wildman–Crippen LogP) is 4.86. The third-order valence-corrected chi connectivity index (χ3v) is 7.97. The number of hydrogen-bond donors (Lipinski definition) is 0. The third-order valence-electron chi connectivity index (χ3n) is 7.75. The van der Waals surface area contributed by atoms with Gasteiger partial charge >= 0.3 is 0 Å². The third kappa shape index (κ3) is 5.55. The monoisotopic (exact) mass is 545 g/mol. The number of piperidine rings is 1. The lowest BCUT2D eigenvalue weighted by molar-refractivity contribution is 0.0788. The van der Waals surface area contributed by atoms with Crippen molar-refractivity contribution in [3.63, 3.8) is 0 Å². The number of carbonyl (C=O) groups excluding carboxylic acids is 1. The summed E-state index contributed by atoms with van der Waals surface area (Å²) in [6.45, 7) is 3.88. The van der Waals surface area contributed by atoms with Gasteiger partial charge in [-0.25, -0.2) is 24.0 Å². The summed E-state index contributed by atoms with van der Waals surface area (Å²) < 4.78 is 15.2. The first-order valence-corrected chi connectivity index (χ1v) is 13.7. The molecule has 2 aliphatic heterocycles. The van der Waals surface area contributed by atoms with E-state index in [2.05, 4.69) is 37.1 Å². The molecule has 0 spiro atoms. The molecule has 0 saturated carbocycles. The smallest absolute Gasteiger partial charge is 0.257 e. The van der Waals surface area contributed by atoms with E-state index in [1.807, 2.05) is 41.4 Å². The minimum atomic E-state index is -0.516. The average Bonchev–Trinajstić information content (AvgIpc) is 3.64. The zero-order chi connectivity index (χ0) is 26.8. The van der Waals surface area contributed by atoms with Gasteiger partial charge < -0.3 is 4.90 Å². The number of benzene rings is 1. The minimum absolute atomic E-state index is 0.0218. The zero-order valence-corrected chi connectivity index (χ0v) is 22.2. The first kappa shape index (κ1) is 25.6. The Hall–Kier alpha value is -3.69. The van der Waals surface area contributed by atoms with E-state index < -0.39 is 5.82 Å². The first-order chi connectivity index (χ1) is 19.0. The van der Waals surface area contributed by atoms with E-state index in [1.165, 1.54) is 5.56 Å². The van der Waals surface area contributed by atoms with Crippen LogP contribution < -0.4 is 0 Å². The highest BCUT2D eigenvalue weighted by Gasteiger charge is 2.34. The number of carbonyl (C=O) groups is 1. The van der Waals surface area contributed by atoms with Crippen LogP contribution in [0.1, 0.15) is 58.3 Å². The van der Waals surface area contributed by atoms with Crippen LogP contribution in [-0.2, 0) is 6.54 Å². The van der Waals surface area contributed by atoms with Crippen molar-refractivity contribution in [1.29, 1.82) is 0 Å². The fraction of sp³-hybridized carbons (Fsp3) is 0.345. The van der Waals surface area contributed by atoms with Crippen molar-refractivity contribution < 1.29 is 9.18 Å². The number of nitrogens with zero attached hydrogens (tertiary/aromatic N) is 7. The van der Waals surface area contributed by atoms with Gasteiger partial charge in [0.05, 0.1) is 29.8 Å². The molecule has 3 aromatic heterocycles. The maximum atomic E-state index is 13.9. The van der Waals surface area contributed by atoms with E-state index in [-0.39, 0.29) is 17.8 Å². The van der Waals surface area contributed by atoms with Gasteiger partial charge in [0, 0.05) is 37.7 Å². The molecule has 8 nitrogen and oxygen atoms in total. The van der Waals surface area contributed by atoms with E-state index in [4.69, 9.17) is 11.6 Å². The van der Waals surface area contributed by atoms with Gasteiger partial charge in [-0.1, -0.05) is 48.0 Å². The topological polar surface area (TPSA) is 80.0 Å². The molecule has 0 bridgehead atoms. The second-order valence-electron chi connectivity index (χ2n) is 10.2. The molecule has 4 aromatic rings. The molecule has 10 heteroatoms. The van der Waals surface area contributed by atoms with Gasteiger partial charge in [0.1, 0.15) is 5.15 Å². The van der Waals surface area contributed by atoms with Crippen molar-refractivity contribution in [2.45, 2.75) is 37.6 Å². The zero-order valence-electron chi connectivity index (χ0n) is 21.5. The van der Waals surface area contributed by atoms with Crippen molar-refractivity contribution in [3.8, 4) is 5.95 Å². The van der Waals surface area contributed by atoms with Gasteiger partial charge in [0.2, 0.25) is 0 Å². The van der Waals surface area contributed by atoms with Crippen molar-refractivity contribution in [3.05, 3.63) is 101 Å². The molecule has 39 heavy (non-hydrogen) atoms. The van der Waals surface area contributed by atoms with Crippen molar-refractivity contribution >= 4 is 17.5 Å². The number of likely N-dealkylation sites (tertiary alicyclic amines) is 2. The van der Waals surface area contributed by atoms with Crippen LogP contribution in [-0.4, -0.2) is 66.6 Å². The number of pyridine rings is 1. The SMILES string of the molecule is O=C(c1cnn(-c2ncc(F)cn2)c1C1CCN(Cc2ccc(Cl)nc2)CC1)N1CC[C@H](c2ccccc2)C1. The Morgan fingerprint density at radius 1 is 0.897 bits per heavy atom. The lowest BCUT2D eigenvalue weighted by atomic mass is 9.90. The van der Waals surface area contributed by atoms with Crippen LogP contribution in [0, 0.1) is 5.82 Å². The Morgan fingerprint density at radius 3 is 2.36 bits per heavy atom. The molecule has 200 valence electrons. The molecule has 1 aromatic carbocycles. The normalized spacial score (nSPS) is 18.5. The highest BCUT2D eigenvalue weighted by atomic mass is 35.5. The van der Waals surface area contributed by atoms with Crippen LogP contribution in [0.2, 0.25) is 5.15 Å². The summed E-state index contributed by atoms with van der Waals surface area (Å²) >= 11 is 5.94. The van der Waals surface area contributed by atoms with Gasteiger partial charge in [-0.2, -0.15) is 5.10 Å².